The van der Waals surface area contributed by atoms with Gasteiger partial charge >= 0.3 is 5.97 Å². The topological polar surface area (TPSA) is 35.5 Å². The number of carbonyl (C=O) groups is 1. The minimum Gasteiger partial charge on any atom is -0.456 e. The van der Waals surface area contributed by atoms with Crippen molar-refractivity contribution in [3.8, 4) is 0 Å². The number of hydrogen-bond acceptors (Lipinski definition) is 3. The number of ether oxygens (including phenoxy) is 2. The van der Waals surface area contributed by atoms with Crippen LogP contribution in [0.15, 0.2) is 0 Å². The van der Waals surface area contributed by atoms with Crippen molar-refractivity contribution in [3.05, 3.63) is 0 Å². The summed E-state index contributed by atoms with van der Waals surface area (Å²) in [5, 5.41) is 0. The van der Waals surface area contributed by atoms with Crippen LogP contribution >= 0.6 is 0 Å². The van der Waals surface area contributed by atoms with Crippen LogP contribution in [0.25, 0.3) is 0 Å². The smallest absolute Gasteiger partial charge is 0.310 e. The van der Waals surface area contributed by atoms with Gasteiger partial charge in [-0.2, -0.15) is 0 Å². The minimum atomic E-state index is -0.362. The average molecular weight is 339 g/mol. The Balaban J connectivity index is 2.15. The zero-order valence-corrected chi connectivity index (χ0v) is 16.7. The molecule has 2 atom stereocenters. The van der Waals surface area contributed by atoms with Crippen LogP contribution in [0.5, 0.6) is 0 Å². The van der Waals surface area contributed by atoms with Crippen LogP contribution in [0.1, 0.15) is 86.5 Å². The normalized spacial score (nSPS) is 27.9. The molecule has 0 spiro atoms. The van der Waals surface area contributed by atoms with E-state index in [1.807, 2.05) is 0 Å². The van der Waals surface area contributed by atoms with E-state index in [1.54, 1.807) is 0 Å². The summed E-state index contributed by atoms with van der Waals surface area (Å²) < 4.78 is 12.0. The van der Waals surface area contributed by atoms with Gasteiger partial charge in [-0.05, 0) is 30.1 Å². The molecule has 24 heavy (non-hydrogen) atoms. The Morgan fingerprint density at radius 2 is 1.75 bits per heavy atom. The van der Waals surface area contributed by atoms with Crippen molar-refractivity contribution in [1.29, 1.82) is 0 Å². The lowest BCUT2D eigenvalue weighted by Gasteiger charge is -2.41. The molecule has 0 aromatic carbocycles. The Kier molecular flexibility index (Phi) is 6.05. The van der Waals surface area contributed by atoms with E-state index < -0.39 is 0 Å². The fourth-order valence-corrected chi connectivity index (χ4v) is 4.30. The van der Waals surface area contributed by atoms with Gasteiger partial charge < -0.3 is 9.47 Å². The molecule has 2 fully saturated rings. The van der Waals surface area contributed by atoms with Crippen LogP contribution < -0.4 is 0 Å². The number of hydrogen-bond donors (Lipinski definition) is 0. The number of rotatable bonds is 4. The van der Waals surface area contributed by atoms with E-state index in [1.165, 1.54) is 32.1 Å². The van der Waals surface area contributed by atoms with E-state index in [2.05, 4.69) is 41.5 Å². The van der Waals surface area contributed by atoms with E-state index in [-0.39, 0.29) is 28.3 Å². The minimum absolute atomic E-state index is 0.00602. The Morgan fingerprint density at radius 3 is 2.21 bits per heavy atom. The Labute approximate surface area is 148 Å². The quantitative estimate of drug-likeness (QED) is 0.647. The van der Waals surface area contributed by atoms with Crippen LogP contribution in [-0.4, -0.2) is 24.8 Å². The molecule has 1 saturated heterocycles. The maximum atomic E-state index is 13.2. The second-order valence-electron chi connectivity index (χ2n) is 10.3. The molecule has 0 amide bonds. The molecule has 0 aromatic heterocycles. The third kappa shape index (κ3) is 4.97. The maximum Gasteiger partial charge on any atom is 0.310 e. The number of esters is 1. The van der Waals surface area contributed by atoms with Gasteiger partial charge in [-0.3, -0.25) is 4.79 Å². The zero-order valence-electron chi connectivity index (χ0n) is 16.7. The van der Waals surface area contributed by atoms with E-state index >= 15 is 0 Å². The monoisotopic (exact) mass is 338 g/mol. The summed E-state index contributed by atoms with van der Waals surface area (Å²) in [6.45, 7) is 14.4. The van der Waals surface area contributed by atoms with Crippen molar-refractivity contribution < 1.29 is 14.3 Å². The highest BCUT2D eigenvalue weighted by molar-refractivity contribution is 5.74. The fraction of sp³-hybridized carbons (Fsp3) is 0.952. The van der Waals surface area contributed by atoms with Crippen molar-refractivity contribution in [1.82, 2.24) is 0 Å². The Morgan fingerprint density at radius 1 is 1.12 bits per heavy atom. The first kappa shape index (κ1) is 19.8. The molecule has 1 aliphatic carbocycles. The molecule has 0 bridgehead atoms. The average Bonchev–Trinajstić information content (AvgIpc) is 2.93. The molecule has 2 unspecified atom stereocenters. The molecule has 1 heterocycles. The molecule has 2 rings (SSSR count). The highest BCUT2D eigenvalue weighted by Gasteiger charge is 2.48. The molecule has 0 aromatic rings. The maximum absolute atomic E-state index is 13.2. The van der Waals surface area contributed by atoms with Crippen LogP contribution in [-0.2, 0) is 14.3 Å². The predicted octanol–water partition coefficient (Wildman–Crippen LogP) is 5.37. The molecule has 1 aliphatic heterocycles. The van der Waals surface area contributed by atoms with Crippen molar-refractivity contribution in [2.24, 2.45) is 22.7 Å². The van der Waals surface area contributed by atoms with E-state index in [4.69, 9.17) is 9.47 Å². The van der Waals surface area contributed by atoms with Crippen molar-refractivity contribution in [2.45, 2.75) is 92.1 Å². The lowest BCUT2D eigenvalue weighted by Crippen LogP contribution is -2.47. The molecule has 3 heteroatoms. The molecule has 0 radical (unpaired) electrons. The first-order valence-corrected chi connectivity index (χ1v) is 9.84. The summed E-state index contributed by atoms with van der Waals surface area (Å²) in [5.74, 6) is 0.403. The van der Waals surface area contributed by atoms with Crippen molar-refractivity contribution >= 4 is 5.97 Å². The third-order valence-corrected chi connectivity index (χ3v) is 5.82. The number of carbonyl (C=O) groups excluding carboxylic acids is 1. The van der Waals surface area contributed by atoms with Gasteiger partial charge in [-0.25, -0.2) is 0 Å². The molecule has 140 valence electrons. The van der Waals surface area contributed by atoms with Gasteiger partial charge in [0, 0.05) is 12.3 Å². The summed E-state index contributed by atoms with van der Waals surface area (Å²) in [5.41, 5.74) is -0.336. The third-order valence-electron chi connectivity index (χ3n) is 5.82. The van der Waals surface area contributed by atoms with Crippen LogP contribution in [0.4, 0.5) is 0 Å². The molecular weight excluding hydrogens is 300 g/mol. The van der Waals surface area contributed by atoms with E-state index in [0.717, 1.165) is 19.4 Å². The summed E-state index contributed by atoms with van der Waals surface area (Å²) in [4.78, 5) is 13.2. The van der Waals surface area contributed by atoms with Crippen LogP contribution in [0.3, 0.4) is 0 Å². The lowest BCUT2D eigenvalue weighted by atomic mass is 9.71. The second-order valence-corrected chi connectivity index (χ2v) is 10.3. The van der Waals surface area contributed by atoms with Gasteiger partial charge in [0.2, 0.25) is 0 Å². The van der Waals surface area contributed by atoms with Gasteiger partial charge in [-0.15, -0.1) is 0 Å². The van der Waals surface area contributed by atoms with Crippen LogP contribution in [0, 0.1) is 22.7 Å². The fourth-order valence-electron chi connectivity index (χ4n) is 4.30. The highest BCUT2D eigenvalue weighted by Crippen LogP contribution is 2.43. The van der Waals surface area contributed by atoms with Gasteiger partial charge in [0.1, 0.15) is 5.60 Å². The molecule has 1 saturated carbocycles. The molecule has 3 nitrogen and oxygen atoms in total. The SMILES string of the molecule is CC(C)(C)CC(C(=O)OC1(C2CCCCC2)CCOC1)C(C)(C)C. The Hall–Kier alpha value is -0.570. The van der Waals surface area contributed by atoms with Gasteiger partial charge in [0.15, 0.2) is 0 Å². The van der Waals surface area contributed by atoms with Crippen molar-refractivity contribution in [3.63, 3.8) is 0 Å². The van der Waals surface area contributed by atoms with Gasteiger partial charge in [-0.1, -0.05) is 60.8 Å². The summed E-state index contributed by atoms with van der Waals surface area (Å²) in [6, 6.07) is 0. The standard InChI is InChI=1S/C21H38O3/c1-19(2,3)14-17(20(4,5)6)18(22)24-21(12-13-23-15-21)16-10-8-7-9-11-16/h16-17H,7-15H2,1-6H3. The molecule has 0 N–H and O–H groups in total. The zero-order chi connectivity index (χ0) is 18.0. The summed E-state index contributed by atoms with van der Waals surface area (Å²) >= 11 is 0. The van der Waals surface area contributed by atoms with Gasteiger partial charge in [0.25, 0.3) is 0 Å². The first-order valence-electron chi connectivity index (χ1n) is 9.84. The highest BCUT2D eigenvalue weighted by atomic mass is 16.6. The van der Waals surface area contributed by atoms with Gasteiger partial charge in [0.05, 0.1) is 19.1 Å². The second kappa shape index (κ2) is 7.35. The van der Waals surface area contributed by atoms with Crippen molar-refractivity contribution in [2.75, 3.05) is 13.2 Å². The van der Waals surface area contributed by atoms with E-state index in [0.29, 0.717) is 12.5 Å². The first-order chi connectivity index (χ1) is 11.0. The lowest BCUT2D eigenvalue weighted by molar-refractivity contribution is -0.178. The summed E-state index contributed by atoms with van der Waals surface area (Å²) in [7, 11) is 0. The molecule has 2 aliphatic rings. The molecular formula is C21H38O3. The van der Waals surface area contributed by atoms with E-state index in [9.17, 15) is 4.79 Å². The Bertz CT molecular complexity index is 415. The summed E-state index contributed by atoms with van der Waals surface area (Å²) in [6.07, 6.45) is 7.91. The van der Waals surface area contributed by atoms with Crippen LogP contribution in [0.2, 0.25) is 0 Å². The largest absolute Gasteiger partial charge is 0.456 e. The predicted molar refractivity (Wildman–Crippen MR) is 97.9 cm³/mol.